The van der Waals surface area contributed by atoms with Gasteiger partial charge in [-0.2, -0.15) is 0 Å². The highest BCUT2D eigenvalue weighted by atomic mass is 16.5. The number of rotatable bonds is 3. The summed E-state index contributed by atoms with van der Waals surface area (Å²) in [5.41, 5.74) is 7.69. The van der Waals surface area contributed by atoms with Gasteiger partial charge in [0.05, 0.1) is 7.11 Å². The van der Waals surface area contributed by atoms with E-state index in [4.69, 9.17) is 10.5 Å². The first-order chi connectivity index (χ1) is 6.61. The minimum atomic E-state index is -0.134. The number of nitrogens with two attached hydrogens (primary N) is 1. The minimum Gasteiger partial charge on any atom is -0.504 e. The first-order valence-electron chi connectivity index (χ1n) is 4.73. The third kappa shape index (κ3) is 1.82. The third-order valence-corrected chi connectivity index (χ3v) is 2.43. The van der Waals surface area contributed by atoms with Crippen LogP contribution in [-0.2, 0) is 0 Å². The Morgan fingerprint density at radius 2 is 2.14 bits per heavy atom. The van der Waals surface area contributed by atoms with Gasteiger partial charge in [-0.25, -0.2) is 0 Å². The van der Waals surface area contributed by atoms with Crippen LogP contribution >= 0.6 is 0 Å². The summed E-state index contributed by atoms with van der Waals surface area (Å²) in [6.07, 6.45) is 0.793. The molecule has 0 fully saturated rings. The first-order valence-corrected chi connectivity index (χ1v) is 4.73. The summed E-state index contributed by atoms with van der Waals surface area (Å²) in [6.45, 7) is 3.92. The lowest BCUT2D eigenvalue weighted by Crippen LogP contribution is -2.10. The van der Waals surface area contributed by atoms with Crippen LogP contribution in [0.4, 0.5) is 0 Å². The number of phenolic OH excluding ortho intramolecular Hbond substituents is 1. The average molecular weight is 195 g/mol. The smallest absolute Gasteiger partial charge is 0.162 e. The molecular weight excluding hydrogens is 178 g/mol. The highest BCUT2D eigenvalue weighted by molar-refractivity contribution is 5.50. The first kappa shape index (κ1) is 10.9. The molecule has 3 nitrogen and oxygen atoms in total. The van der Waals surface area contributed by atoms with Crippen LogP contribution in [0.15, 0.2) is 12.1 Å². The lowest BCUT2D eigenvalue weighted by atomic mass is 9.98. The van der Waals surface area contributed by atoms with Crippen molar-refractivity contribution < 1.29 is 9.84 Å². The van der Waals surface area contributed by atoms with Gasteiger partial charge in [0, 0.05) is 11.6 Å². The topological polar surface area (TPSA) is 55.5 Å². The van der Waals surface area contributed by atoms with Gasteiger partial charge in [-0.15, -0.1) is 0 Å². The molecule has 0 unspecified atom stereocenters. The molecule has 0 aliphatic heterocycles. The summed E-state index contributed by atoms with van der Waals surface area (Å²) in [4.78, 5) is 0. The molecule has 0 spiro atoms. The minimum absolute atomic E-state index is 0.134. The van der Waals surface area contributed by atoms with Crippen molar-refractivity contribution in [1.29, 1.82) is 0 Å². The van der Waals surface area contributed by atoms with Gasteiger partial charge in [0.2, 0.25) is 0 Å². The number of hydrogen-bond acceptors (Lipinski definition) is 3. The summed E-state index contributed by atoms with van der Waals surface area (Å²) >= 11 is 0. The van der Waals surface area contributed by atoms with Gasteiger partial charge in [0.15, 0.2) is 11.5 Å². The molecule has 0 aliphatic rings. The van der Waals surface area contributed by atoms with Crippen molar-refractivity contribution in [2.45, 2.75) is 26.3 Å². The van der Waals surface area contributed by atoms with Crippen LogP contribution < -0.4 is 10.5 Å². The fourth-order valence-corrected chi connectivity index (χ4v) is 1.53. The molecule has 1 aromatic carbocycles. The molecule has 0 saturated heterocycles. The lowest BCUT2D eigenvalue weighted by molar-refractivity contribution is 0.367. The highest BCUT2D eigenvalue weighted by Crippen LogP contribution is 2.36. The van der Waals surface area contributed by atoms with E-state index >= 15 is 0 Å². The molecule has 3 N–H and O–H groups in total. The Balaban J connectivity index is 3.25. The Morgan fingerprint density at radius 3 is 2.64 bits per heavy atom. The zero-order valence-electron chi connectivity index (χ0n) is 8.87. The van der Waals surface area contributed by atoms with E-state index in [9.17, 15) is 5.11 Å². The summed E-state index contributed by atoms with van der Waals surface area (Å²) < 4.78 is 5.03. The number of ether oxygens (including phenoxy) is 1. The van der Waals surface area contributed by atoms with Gasteiger partial charge >= 0.3 is 0 Å². The number of methoxy groups -OCH3 is 1. The summed E-state index contributed by atoms with van der Waals surface area (Å²) in [5.74, 6) is 0.649. The molecule has 0 saturated carbocycles. The van der Waals surface area contributed by atoms with Crippen LogP contribution in [0.3, 0.4) is 0 Å². The molecule has 0 radical (unpaired) electrons. The number of aromatic hydroxyl groups is 1. The second-order valence-corrected chi connectivity index (χ2v) is 3.36. The van der Waals surface area contributed by atoms with Crippen LogP contribution in [0.5, 0.6) is 11.5 Å². The van der Waals surface area contributed by atoms with E-state index in [1.807, 2.05) is 19.9 Å². The predicted octanol–water partition coefficient (Wildman–Crippen LogP) is 2.12. The standard InChI is InChI=1S/C11H17NO2/c1-4-8(12)10-7(2)5-6-9(14-3)11(10)13/h5-6,8,13H,4,12H2,1-3H3/t8-/m1/s1. The molecule has 0 bridgehead atoms. The predicted molar refractivity (Wildman–Crippen MR) is 56.6 cm³/mol. The Hall–Kier alpha value is -1.22. The summed E-state index contributed by atoms with van der Waals surface area (Å²) in [5, 5.41) is 9.87. The molecule has 0 aromatic heterocycles. The molecule has 14 heavy (non-hydrogen) atoms. The molecule has 3 heteroatoms. The van der Waals surface area contributed by atoms with E-state index in [-0.39, 0.29) is 11.8 Å². The van der Waals surface area contributed by atoms with E-state index in [0.717, 1.165) is 17.5 Å². The van der Waals surface area contributed by atoms with Gasteiger partial charge in [-0.3, -0.25) is 0 Å². The molecule has 1 atom stereocenters. The molecule has 0 heterocycles. The van der Waals surface area contributed by atoms with Gasteiger partial charge < -0.3 is 15.6 Å². The number of benzene rings is 1. The maximum absolute atomic E-state index is 9.87. The second kappa shape index (κ2) is 4.33. The van der Waals surface area contributed by atoms with Crippen molar-refractivity contribution >= 4 is 0 Å². The van der Waals surface area contributed by atoms with E-state index in [1.54, 1.807) is 6.07 Å². The largest absolute Gasteiger partial charge is 0.504 e. The van der Waals surface area contributed by atoms with Crippen LogP contribution in [0.25, 0.3) is 0 Å². The summed E-state index contributed by atoms with van der Waals surface area (Å²) in [6, 6.07) is 3.52. The zero-order chi connectivity index (χ0) is 10.7. The van der Waals surface area contributed by atoms with Crippen molar-refractivity contribution in [2.24, 2.45) is 5.73 Å². The van der Waals surface area contributed by atoms with E-state index in [2.05, 4.69) is 0 Å². The maximum atomic E-state index is 9.87. The molecular formula is C11H17NO2. The maximum Gasteiger partial charge on any atom is 0.162 e. The third-order valence-electron chi connectivity index (χ3n) is 2.43. The monoisotopic (exact) mass is 195 g/mol. The van der Waals surface area contributed by atoms with Gasteiger partial charge in [0.1, 0.15) is 0 Å². The average Bonchev–Trinajstić information content (AvgIpc) is 2.18. The molecule has 1 rings (SSSR count). The SMILES string of the molecule is CC[C@@H](N)c1c(C)ccc(OC)c1O. The Morgan fingerprint density at radius 1 is 1.50 bits per heavy atom. The van der Waals surface area contributed by atoms with Gasteiger partial charge in [-0.1, -0.05) is 13.0 Å². The second-order valence-electron chi connectivity index (χ2n) is 3.36. The highest BCUT2D eigenvalue weighted by Gasteiger charge is 2.15. The molecule has 1 aromatic rings. The van der Waals surface area contributed by atoms with Crippen molar-refractivity contribution in [2.75, 3.05) is 7.11 Å². The molecule has 78 valence electrons. The van der Waals surface area contributed by atoms with Crippen molar-refractivity contribution in [3.8, 4) is 11.5 Å². The summed E-state index contributed by atoms with van der Waals surface area (Å²) in [7, 11) is 1.53. The van der Waals surface area contributed by atoms with Crippen molar-refractivity contribution in [3.05, 3.63) is 23.3 Å². The van der Waals surface area contributed by atoms with Gasteiger partial charge in [0.25, 0.3) is 0 Å². The normalized spacial score (nSPS) is 12.6. The number of hydrogen-bond donors (Lipinski definition) is 2. The van der Waals surface area contributed by atoms with Crippen LogP contribution in [0.1, 0.15) is 30.5 Å². The van der Waals surface area contributed by atoms with E-state index < -0.39 is 0 Å². The Kier molecular flexibility index (Phi) is 3.36. The van der Waals surface area contributed by atoms with Crippen LogP contribution in [-0.4, -0.2) is 12.2 Å². The van der Waals surface area contributed by atoms with E-state index in [0.29, 0.717) is 5.75 Å². The van der Waals surface area contributed by atoms with Gasteiger partial charge in [-0.05, 0) is 25.0 Å². The number of phenols is 1. The van der Waals surface area contributed by atoms with Crippen molar-refractivity contribution in [3.63, 3.8) is 0 Å². The number of aryl methyl sites for hydroxylation is 1. The fraction of sp³-hybridized carbons (Fsp3) is 0.455. The van der Waals surface area contributed by atoms with Crippen LogP contribution in [0, 0.1) is 6.92 Å². The molecule has 0 amide bonds. The van der Waals surface area contributed by atoms with Crippen molar-refractivity contribution in [1.82, 2.24) is 0 Å². The zero-order valence-corrected chi connectivity index (χ0v) is 8.87. The Bertz CT molecular complexity index is 323. The van der Waals surface area contributed by atoms with E-state index in [1.165, 1.54) is 7.11 Å². The fourth-order valence-electron chi connectivity index (χ4n) is 1.53. The Labute approximate surface area is 84.5 Å². The molecule has 0 aliphatic carbocycles. The van der Waals surface area contributed by atoms with Crippen LogP contribution in [0.2, 0.25) is 0 Å². The quantitative estimate of drug-likeness (QED) is 0.776. The lowest BCUT2D eigenvalue weighted by Gasteiger charge is -2.16.